The van der Waals surface area contributed by atoms with Crippen LogP contribution in [-0.2, 0) is 0 Å². The van der Waals surface area contributed by atoms with Crippen molar-refractivity contribution < 1.29 is 0 Å². The Morgan fingerprint density at radius 2 is 1.85 bits per heavy atom. The van der Waals surface area contributed by atoms with Crippen LogP contribution < -0.4 is 0 Å². The van der Waals surface area contributed by atoms with E-state index in [1.54, 1.807) is 5.57 Å². The molecule has 0 aliphatic heterocycles. The molecule has 0 bridgehead atoms. The van der Waals surface area contributed by atoms with Crippen molar-refractivity contribution in [3.05, 3.63) is 47.6 Å². The van der Waals surface area contributed by atoms with Crippen molar-refractivity contribution in [1.29, 1.82) is 0 Å². The Balaban J connectivity index is 1.80. The third-order valence-electron chi connectivity index (χ3n) is 7.22. The first kappa shape index (κ1) is 12.7. The molecule has 0 saturated heterocycles. The highest BCUT2D eigenvalue weighted by Gasteiger charge is 2.53. The van der Waals surface area contributed by atoms with Crippen LogP contribution in [0.2, 0.25) is 0 Å². The molecule has 2 fully saturated rings. The number of fused-ring (bicyclic) bond motifs is 5. The quantitative estimate of drug-likeness (QED) is 0.547. The first-order chi connectivity index (χ1) is 9.56. The van der Waals surface area contributed by atoms with Crippen LogP contribution in [0.5, 0.6) is 0 Å². The van der Waals surface area contributed by atoms with Crippen molar-refractivity contribution in [2.24, 2.45) is 28.6 Å². The molecule has 0 heteroatoms. The topological polar surface area (TPSA) is 0 Å². The van der Waals surface area contributed by atoms with Gasteiger partial charge in [-0.2, -0.15) is 0 Å². The molecule has 0 aromatic heterocycles. The Kier molecular flexibility index (Phi) is 2.53. The number of hydrogen-bond donors (Lipinski definition) is 0. The molecular weight excluding hydrogens is 240 g/mol. The molecule has 20 heavy (non-hydrogen) atoms. The Labute approximate surface area is 123 Å². The van der Waals surface area contributed by atoms with E-state index >= 15 is 0 Å². The van der Waals surface area contributed by atoms with Crippen LogP contribution in [0.25, 0.3) is 0 Å². The summed E-state index contributed by atoms with van der Waals surface area (Å²) in [6.45, 7) is 7.50. The van der Waals surface area contributed by atoms with Gasteiger partial charge in [0.15, 0.2) is 0 Å². The van der Waals surface area contributed by atoms with Gasteiger partial charge in [0.2, 0.25) is 0 Å². The fourth-order valence-electron chi connectivity index (χ4n) is 5.56. The Bertz CT molecular complexity index is 559. The minimum absolute atomic E-state index is 0.256. The maximum absolute atomic E-state index is 2.56. The lowest BCUT2D eigenvalue weighted by Gasteiger charge is -2.52. The molecule has 2 unspecified atom stereocenters. The van der Waals surface area contributed by atoms with E-state index in [4.69, 9.17) is 0 Å². The van der Waals surface area contributed by atoms with Crippen LogP contribution in [0.3, 0.4) is 0 Å². The first-order valence-electron chi connectivity index (χ1n) is 8.34. The van der Waals surface area contributed by atoms with Crippen molar-refractivity contribution in [2.75, 3.05) is 0 Å². The van der Waals surface area contributed by atoms with Crippen LogP contribution in [0.4, 0.5) is 0 Å². The van der Waals surface area contributed by atoms with Crippen molar-refractivity contribution in [3.8, 4) is 0 Å². The molecule has 0 heterocycles. The third kappa shape index (κ3) is 1.43. The lowest BCUT2D eigenvalue weighted by molar-refractivity contribution is 0.0993. The molecule has 0 nitrogen and oxygen atoms in total. The standard InChI is InChI=1S/C20H26/c1-14-7-10-17-16-9-8-15-6-4-5-12-20(15,3)18(16)11-13-19(14,17)2/h4-6,8-9,12,14,17-18H,7,10-11,13H2,1-3H3/t14-,17?,18?,19+,20-/m0/s1. The van der Waals surface area contributed by atoms with Gasteiger partial charge in [-0.3, -0.25) is 0 Å². The van der Waals surface area contributed by atoms with Crippen LogP contribution >= 0.6 is 0 Å². The van der Waals surface area contributed by atoms with Crippen molar-refractivity contribution in [1.82, 2.24) is 0 Å². The van der Waals surface area contributed by atoms with E-state index in [2.05, 4.69) is 57.2 Å². The molecule has 0 spiro atoms. The number of hydrogen-bond acceptors (Lipinski definition) is 0. The fraction of sp³-hybridized carbons (Fsp3) is 0.600. The predicted molar refractivity (Wildman–Crippen MR) is 85.3 cm³/mol. The summed E-state index contributed by atoms with van der Waals surface area (Å²) in [6.07, 6.45) is 19.7. The molecule has 4 rings (SSSR count). The van der Waals surface area contributed by atoms with Gasteiger partial charge in [-0.1, -0.05) is 62.8 Å². The zero-order valence-corrected chi connectivity index (χ0v) is 13.0. The summed E-state index contributed by atoms with van der Waals surface area (Å²) in [7, 11) is 0. The summed E-state index contributed by atoms with van der Waals surface area (Å²) < 4.78 is 0. The van der Waals surface area contributed by atoms with Gasteiger partial charge in [-0.05, 0) is 54.4 Å². The van der Waals surface area contributed by atoms with E-state index in [0.717, 1.165) is 17.8 Å². The van der Waals surface area contributed by atoms with E-state index in [1.165, 1.54) is 31.3 Å². The summed E-state index contributed by atoms with van der Waals surface area (Å²) in [4.78, 5) is 0. The highest BCUT2D eigenvalue weighted by Crippen LogP contribution is 2.63. The van der Waals surface area contributed by atoms with Gasteiger partial charge >= 0.3 is 0 Å². The normalized spacial score (nSPS) is 49.0. The van der Waals surface area contributed by atoms with E-state index in [1.807, 2.05) is 0 Å². The second-order valence-corrected chi connectivity index (χ2v) is 7.92. The average molecular weight is 266 g/mol. The summed E-state index contributed by atoms with van der Waals surface area (Å²) in [5.74, 6) is 2.48. The minimum atomic E-state index is 0.256. The molecule has 0 N–H and O–H groups in total. The van der Waals surface area contributed by atoms with Gasteiger partial charge in [0.1, 0.15) is 0 Å². The van der Waals surface area contributed by atoms with Crippen molar-refractivity contribution >= 4 is 0 Å². The molecule has 2 saturated carbocycles. The monoisotopic (exact) mass is 266 g/mol. The third-order valence-corrected chi connectivity index (χ3v) is 7.22. The van der Waals surface area contributed by atoms with Crippen LogP contribution in [0.15, 0.2) is 47.6 Å². The zero-order valence-electron chi connectivity index (χ0n) is 13.0. The maximum Gasteiger partial charge on any atom is 0.0172 e. The van der Waals surface area contributed by atoms with E-state index < -0.39 is 0 Å². The van der Waals surface area contributed by atoms with Gasteiger partial charge in [-0.15, -0.1) is 0 Å². The molecule has 4 aliphatic rings. The summed E-state index contributed by atoms with van der Waals surface area (Å²) in [5, 5.41) is 0. The lowest BCUT2D eigenvalue weighted by atomic mass is 9.52. The van der Waals surface area contributed by atoms with E-state index in [0.29, 0.717) is 5.41 Å². The number of rotatable bonds is 0. The van der Waals surface area contributed by atoms with Gasteiger partial charge in [-0.25, -0.2) is 0 Å². The fourth-order valence-corrected chi connectivity index (χ4v) is 5.56. The second-order valence-electron chi connectivity index (χ2n) is 7.92. The van der Waals surface area contributed by atoms with Crippen LogP contribution in [0, 0.1) is 28.6 Å². The molecule has 0 amide bonds. The SMILES string of the molecule is C[C@H]1CCC2C3=CC=C4C=CC=C[C@]4(C)C3CC[C@@]21C. The van der Waals surface area contributed by atoms with Gasteiger partial charge < -0.3 is 0 Å². The molecule has 5 atom stereocenters. The largest absolute Gasteiger partial charge is 0.0736 e. The van der Waals surface area contributed by atoms with Gasteiger partial charge in [0.05, 0.1) is 0 Å². The smallest absolute Gasteiger partial charge is 0.0172 e. The Morgan fingerprint density at radius 1 is 1.00 bits per heavy atom. The lowest BCUT2D eigenvalue weighted by Crippen LogP contribution is -2.42. The first-order valence-corrected chi connectivity index (χ1v) is 8.34. The second kappa shape index (κ2) is 4.00. The minimum Gasteiger partial charge on any atom is -0.0736 e. The molecule has 106 valence electrons. The maximum atomic E-state index is 2.56. The molecule has 0 radical (unpaired) electrons. The summed E-state index contributed by atoms with van der Waals surface area (Å²) >= 11 is 0. The molecule has 0 aromatic carbocycles. The molecule has 0 aromatic rings. The highest BCUT2D eigenvalue weighted by atomic mass is 14.6. The Morgan fingerprint density at radius 3 is 2.70 bits per heavy atom. The van der Waals surface area contributed by atoms with Crippen LogP contribution in [-0.4, -0.2) is 0 Å². The van der Waals surface area contributed by atoms with E-state index in [9.17, 15) is 0 Å². The van der Waals surface area contributed by atoms with Gasteiger partial charge in [0, 0.05) is 5.41 Å². The van der Waals surface area contributed by atoms with Crippen molar-refractivity contribution in [3.63, 3.8) is 0 Å². The van der Waals surface area contributed by atoms with Gasteiger partial charge in [0.25, 0.3) is 0 Å². The van der Waals surface area contributed by atoms with Crippen LogP contribution in [0.1, 0.15) is 46.5 Å². The summed E-state index contributed by atoms with van der Waals surface area (Å²) in [6, 6.07) is 0. The highest BCUT2D eigenvalue weighted by molar-refractivity contribution is 5.48. The predicted octanol–water partition coefficient (Wildman–Crippen LogP) is 5.45. The molecular formula is C20H26. The summed E-state index contributed by atoms with van der Waals surface area (Å²) in [5.41, 5.74) is 4.11. The Hall–Kier alpha value is -1.04. The van der Waals surface area contributed by atoms with Crippen molar-refractivity contribution in [2.45, 2.75) is 46.5 Å². The number of allylic oxidation sites excluding steroid dienone is 8. The zero-order chi connectivity index (χ0) is 14.0. The molecule has 4 aliphatic carbocycles. The van der Waals surface area contributed by atoms with E-state index in [-0.39, 0.29) is 5.41 Å². The average Bonchev–Trinajstić information content (AvgIpc) is 2.74.